The minimum Gasteiger partial charge on any atom is -0.360 e. The maximum absolute atomic E-state index is 4.99. The second-order valence-electron chi connectivity index (χ2n) is 9.03. The van der Waals surface area contributed by atoms with Crippen molar-refractivity contribution in [3.63, 3.8) is 0 Å². The van der Waals surface area contributed by atoms with Gasteiger partial charge in [-0.1, -0.05) is 6.07 Å². The summed E-state index contributed by atoms with van der Waals surface area (Å²) in [5.74, 6) is 1.77. The monoisotopic (exact) mass is 437 g/mol. The average Bonchev–Trinajstić information content (AvgIpc) is 3.44. The number of nitrogens with one attached hydrogen (secondary N) is 2. The van der Waals surface area contributed by atoms with Gasteiger partial charge >= 0.3 is 0 Å². The first-order chi connectivity index (χ1) is 16.2. The molecule has 1 aromatic carbocycles. The van der Waals surface area contributed by atoms with Crippen LogP contribution in [0.5, 0.6) is 0 Å². The molecular formula is C26H27N7. The summed E-state index contributed by atoms with van der Waals surface area (Å²) in [6, 6.07) is 10.8. The molecule has 1 aliphatic rings. The molecular weight excluding hydrogens is 410 g/mol. The SMILES string of the molecule is CN1CCCCN(C)c2nccc3[nH]c(nc23)-c2c[nH]c3ccc(cc23)-c2cncc(c2)C1. The summed E-state index contributed by atoms with van der Waals surface area (Å²) in [7, 11) is 4.29. The molecule has 166 valence electrons. The van der Waals surface area contributed by atoms with Crippen LogP contribution in [0, 0.1) is 0 Å². The van der Waals surface area contributed by atoms with E-state index in [2.05, 4.69) is 68.1 Å². The predicted octanol–water partition coefficient (Wildman–Crippen LogP) is 4.83. The Morgan fingerprint density at radius 3 is 2.79 bits per heavy atom. The van der Waals surface area contributed by atoms with Gasteiger partial charge in [-0.2, -0.15) is 0 Å². The van der Waals surface area contributed by atoms with Crippen molar-refractivity contribution >= 4 is 27.8 Å². The lowest BCUT2D eigenvalue weighted by Crippen LogP contribution is -2.23. The van der Waals surface area contributed by atoms with Crippen molar-refractivity contribution in [3.8, 4) is 22.5 Å². The molecule has 1 aliphatic heterocycles. The third kappa shape index (κ3) is 3.64. The summed E-state index contributed by atoms with van der Waals surface area (Å²) in [4.78, 5) is 25.7. The number of pyridine rings is 2. The van der Waals surface area contributed by atoms with Crippen LogP contribution in [0.2, 0.25) is 0 Å². The molecule has 0 unspecified atom stereocenters. The number of aromatic nitrogens is 5. The molecule has 0 fully saturated rings. The van der Waals surface area contributed by atoms with Gasteiger partial charge in [-0.25, -0.2) is 9.97 Å². The molecule has 0 radical (unpaired) electrons. The number of benzene rings is 1. The second kappa shape index (κ2) is 8.01. The molecule has 5 aromatic rings. The van der Waals surface area contributed by atoms with Crippen LogP contribution in [0.15, 0.2) is 55.1 Å². The van der Waals surface area contributed by atoms with Gasteiger partial charge in [-0.15, -0.1) is 0 Å². The Balaban J connectivity index is 1.53. The van der Waals surface area contributed by atoms with Crippen molar-refractivity contribution < 1.29 is 0 Å². The number of rotatable bonds is 0. The standard InChI is InChI=1S/C26H27N7/c1-32-9-3-4-10-33(2)26-24-23(7-8-28-26)30-25(31-24)21-15-29-22-6-5-18(12-20(21)22)19-11-17(16-32)13-27-14-19/h5-8,11-15,29H,3-4,9-10,16H2,1-2H3,(H,30,31). The van der Waals surface area contributed by atoms with Gasteiger partial charge in [0.25, 0.3) is 0 Å². The average molecular weight is 438 g/mol. The fourth-order valence-electron chi connectivity index (χ4n) is 4.78. The molecule has 0 saturated heterocycles. The molecule has 33 heavy (non-hydrogen) atoms. The third-order valence-corrected chi connectivity index (χ3v) is 6.54. The molecule has 0 amide bonds. The van der Waals surface area contributed by atoms with Gasteiger partial charge in [0.2, 0.25) is 0 Å². The van der Waals surface area contributed by atoms with Crippen LogP contribution < -0.4 is 4.90 Å². The highest BCUT2D eigenvalue weighted by molar-refractivity contribution is 5.98. The molecule has 4 aromatic heterocycles. The first-order valence-corrected chi connectivity index (χ1v) is 11.5. The molecule has 2 N–H and O–H groups in total. The number of H-pyrrole nitrogens is 2. The quantitative estimate of drug-likeness (QED) is 0.363. The maximum Gasteiger partial charge on any atom is 0.156 e. The molecule has 7 heteroatoms. The lowest BCUT2D eigenvalue weighted by molar-refractivity contribution is 0.319. The van der Waals surface area contributed by atoms with E-state index in [0.717, 1.165) is 82.7 Å². The first kappa shape index (κ1) is 19.9. The third-order valence-electron chi connectivity index (χ3n) is 6.54. The zero-order valence-electron chi connectivity index (χ0n) is 19.0. The van der Waals surface area contributed by atoms with Gasteiger partial charge in [-0.05, 0) is 61.8 Å². The van der Waals surface area contributed by atoms with Crippen LogP contribution in [0.4, 0.5) is 5.82 Å². The zero-order valence-corrected chi connectivity index (χ0v) is 19.0. The number of hydrogen-bond acceptors (Lipinski definition) is 5. The Morgan fingerprint density at radius 1 is 0.939 bits per heavy atom. The number of hydrogen-bond donors (Lipinski definition) is 2. The van der Waals surface area contributed by atoms with E-state index in [1.165, 1.54) is 5.56 Å². The van der Waals surface area contributed by atoms with Crippen molar-refractivity contribution in [1.29, 1.82) is 0 Å². The number of aromatic amines is 2. The smallest absolute Gasteiger partial charge is 0.156 e. The first-order valence-electron chi connectivity index (χ1n) is 11.5. The minimum atomic E-state index is 0.852. The van der Waals surface area contributed by atoms with E-state index >= 15 is 0 Å². The highest BCUT2D eigenvalue weighted by Crippen LogP contribution is 2.33. The van der Waals surface area contributed by atoms with Crippen LogP contribution in [0.25, 0.3) is 44.5 Å². The van der Waals surface area contributed by atoms with Crippen LogP contribution in [0.1, 0.15) is 18.4 Å². The normalized spacial score (nSPS) is 15.4. The van der Waals surface area contributed by atoms with E-state index in [-0.39, 0.29) is 0 Å². The molecule has 5 heterocycles. The van der Waals surface area contributed by atoms with Crippen molar-refractivity contribution in [3.05, 3.63) is 60.7 Å². The summed E-state index contributed by atoms with van der Waals surface area (Å²) in [5, 5.41) is 1.14. The topological polar surface area (TPSA) is 76.7 Å². The highest BCUT2D eigenvalue weighted by Gasteiger charge is 2.16. The largest absolute Gasteiger partial charge is 0.360 e. The Bertz CT molecular complexity index is 1450. The number of fused-ring (bicyclic) bond motifs is 6. The molecule has 0 spiro atoms. The van der Waals surface area contributed by atoms with Crippen LogP contribution in [-0.2, 0) is 6.54 Å². The molecule has 0 atom stereocenters. The number of nitrogens with zero attached hydrogens (tertiary/aromatic N) is 5. The van der Waals surface area contributed by atoms with E-state index < -0.39 is 0 Å². The van der Waals surface area contributed by atoms with Crippen molar-refractivity contribution in [2.75, 3.05) is 32.1 Å². The number of imidazole rings is 1. The minimum absolute atomic E-state index is 0.852. The van der Waals surface area contributed by atoms with E-state index in [1.54, 1.807) is 0 Å². The molecule has 0 aliphatic carbocycles. The van der Waals surface area contributed by atoms with E-state index in [4.69, 9.17) is 4.98 Å². The summed E-state index contributed by atoms with van der Waals surface area (Å²) in [6.45, 7) is 2.87. The summed E-state index contributed by atoms with van der Waals surface area (Å²) >= 11 is 0. The Hall–Kier alpha value is -3.71. The van der Waals surface area contributed by atoms with Crippen molar-refractivity contribution in [1.82, 2.24) is 29.8 Å². The van der Waals surface area contributed by atoms with Gasteiger partial charge in [0, 0.05) is 67.0 Å². The predicted molar refractivity (Wildman–Crippen MR) is 133 cm³/mol. The lowest BCUT2D eigenvalue weighted by atomic mass is 10.0. The summed E-state index contributed by atoms with van der Waals surface area (Å²) in [6.07, 6.45) is 10.0. The van der Waals surface area contributed by atoms with Crippen molar-refractivity contribution in [2.24, 2.45) is 0 Å². The summed E-state index contributed by atoms with van der Waals surface area (Å²) in [5.41, 5.74) is 7.57. The van der Waals surface area contributed by atoms with Gasteiger partial charge < -0.3 is 19.8 Å². The van der Waals surface area contributed by atoms with Gasteiger partial charge in [0.05, 0.1) is 5.52 Å². The van der Waals surface area contributed by atoms with Gasteiger partial charge in [-0.3, -0.25) is 4.98 Å². The molecule has 6 rings (SSSR count). The molecule has 7 nitrogen and oxygen atoms in total. The fourth-order valence-corrected chi connectivity index (χ4v) is 4.78. The Kier molecular flexibility index (Phi) is 4.84. The van der Waals surface area contributed by atoms with Crippen LogP contribution >= 0.6 is 0 Å². The van der Waals surface area contributed by atoms with Crippen molar-refractivity contribution in [2.45, 2.75) is 19.4 Å². The Labute approximate surface area is 192 Å². The van der Waals surface area contributed by atoms with Gasteiger partial charge in [0.1, 0.15) is 11.3 Å². The fraction of sp³-hybridized carbons (Fsp3) is 0.269. The summed E-state index contributed by atoms with van der Waals surface area (Å²) < 4.78 is 0. The lowest BCUT2D eigenvalue weighted by Gasteiger charge is -2.20. The van der Waals surface area contributed by atoms with E-state index in [1.807, 2.05) is 30.9 Å². The molecule has 6 bridgehead atoms. The van der Waals surface area contributed by atoms with Gasteiger partial charge in [0.15, 0.2) is 5.82 Å². The molecule has 0 saturated carbocycles. The zero-order chi connectivity index (χ0) is 22.4. The van der Waals surface area contributed by atoms with E-state index in [9.17, 15) is 0 Å². The van der Waals surface area contributed by atoms with Crippen LogP contribution in [0.3, 0.4) is 0 Å². The van der Waals surface area contributed by atoms with E-state index in [0.29, 0.717) is 0 Å². The number of anilines is 1. The Morgan fingerprint density at radius 2 is 1.85 bits per heavy atom. The highest BCUT2D eigenvalue weighted by atomic mass is 15.2. The second-order valence-corrected chi connectivity index (χ2v) is 9.03. The van der Waals surface area contributed by atoms with Crippen LogP contribution in [-0.4, -0.2) is 57.0 Å². The maximum atomic E-state index is 4.99.